The summed E-state index contributed by atoms with van der Waals surface area (Å²) in [5.74, 6) is 0. The highest BCUT2D eigenvalue weighted by molar-refractivity contribution is 5.13. The molecule has 2 nitrogen and oxygen atoms in total. The topological polar surface area (TPSA) is 29.5 Å². The highest BCUT2D eigenvalue weighted by Crippen LogP contribution is 2.00. The van der Waals surface area contributed by atoms with Gasteiger partial charge in [0.15, 0.2) is 0 Å². The number of aliphatic hydroxyl groups is 1. The number of benzene rings is 1. The summed E-state index contributed by atoms with van der Waals surface area (Å²) in [6, 6.07) is 10.1. The number of hydrogen-bond donors (Lipinski definition) is 1. The Labute approximate surface area is 91.2 Å². The van der Waals surface area contributed by atoms with E-state index in [1.165, 1.54) is 5.56 Å². The van der Waals surface area contributed by atoms with Crippen LogP contribution < -0.4 is 0 Å². The van der Waals surface area contributed by atoms with E-state index in [-0.39, 0.29) is 6.10 Å². The first-order valence-electron chi connectivity index (χ1n) is 5.25. The molecule has 2 heteroatoms. The van der Waals surface area contributed by atoms with Crippen molar-refractivity contribution >= 4 is 0 Å². The van der Waals surface area contributed by atoms with E-state index in [9.17, 15) is 0 Å². The van der Waals surface area contributed by atoms with E-state index >= 15 is 0 Å². The molecule has 1 aromatic rings. The lowest BCUT2D eigenvalue weighted by molar-refractivity contribution is 0.125. The molecule has 0 saturated heterocycles. The molecular formula is C13H18O2. The van der Waals surface area contributed by atoms with Gasteiger partial charge in [0.1, 0.15) is 0 Å². The van der Waals surface area contributed by atoms with Crippen LogP contribution >= 0.6 is 0 Å². The van der Waals surface area contributed by atoms with Crippen molar-refractivity contribution in [3.8, 4) is 0 Å². The van der Waals surface area contributed by atoms with Gasteiger partial charge in [-0.2, -0.15) is 0 Å². The minimum atomic E-state index is -0.362. The van der Waals surface area contributed by atoms with Crippen LogP contribution in [0.2, 0.25) is 0 Å². The van der Waals surface area contributed by atoms with E-state index in [0.717, 1.165) is 6.42 Å². The molecule has 0 aromatic heterocycles. The summed E-state index contributed by atoms with van der Waals surface area (Å²) in [5, 5.41) is 8.96. The third kappa shape index (κ3) is 6.05. The van der Waals surface area contributed by atoms with Gasteiger partial charge in [-0.3, -0.25) is 0 Å². The minimum Gasteiger partial charge on any atom is -0.389 e. The van der Waals surface area contributed by atoms with Crippen LogP contribution in [0, 0.1) is 0 Å². The van der Waals surface area contributed by atoms with Gasteiger partial charge in [-0.1, -0.05) is 42.5 Å². The molecule has 0 aliphatic rings. The molecule has 1 aromatic carbocycles. The van der Waals surface area contributed by atoms with Crippen LogP contribution in [-0.2, 0) is 11.3 Å². The van der Waals surface area contributed by atoms with Gasteiger partial charge in [-0.05, 0) is 18.9 Å². The zero-order valence-electron chi connectivity index (χ0n) is 9.10. The van der Waals surface area contributed by atoms with Crippen LogP contribution in [0.25, 0.3) is 0 Å². The number of aliphatic hydroxyl groups excluding tert-OH is 1. The quantitative estimate of drug-likeness (QED) is 0.572. The lowest BCUT2D eigenvalue weighted by Gasteiger charge is -2.02. The maximum atomic E-state index is 8.96. The van der Waals surface area contributed by atoms with Crippen molar-refractivity contribution in [2.45, 2.75) is 26.1 Å². The molecule has 0 radical (unpaired) electrons. The van der Waals surface area contributed by atoms with Crippen molar-refractivity contribution in [1.82, 2.24) is 0 Å². The largest absolute Gasteiger partial charge is 0.389 e. The van der Waals surface area contributed by atoms with Crippen LogP contribution in [0.15, 0.2) is 42.5 Å². The predicted molar refractivity (Wildman–Crippen MR) is 61.5 cm³/mol. The Morgan fingerprint density at radius 1 is 1.33 bits per heavy atom. The van der Waals surface area contributed by atoms with Gasteiger partial charge < -0.3 is 9.84 Å². The Morgan fingerprint density at radius 2 is 2.07 bits per heavy atom. The van der Waals surface area contributed by atoms with Gasteiger partial charge in [0, 0.05) is 0 Å². The van der Waals surface area contributed by atoms with Crippen LogP contribution in [0.3, 0.4) is 0 Å². The maximum Gasteiger partial charge on any atom is 0.0717 e. The Morgan fingerprint density at radius 3 is 2.73 bits per heavy atom. The Hall–Kier alpha value is -1.12. The molecule has 0 fully saturated rings. The summed E-state index contributed by atoms with van der Waals surface area (Å²) < 4.78 is 5.47. The molecule has 0 aliphatic carbocycles. The smallest absolute Gasteiger partial charge is 0.0717 e. The molecule has 1 unspecified atom stereocenters. The van der Waals surface area contributed by atoms with E-state index in [2.05, 4.69) is 0 Å². The monoisotopic (exact) mass is 206 g/mol. The fourth-order valence-corrected chi connectivity index (χ4v) is 1.21. The van der Waals surface area contributed by atoms with Crippen LogP contribution in [0.1, 0.15) is 18.9 Å². The highest BCUT2D eigenvalue weighted by atomic mass is 16.5. The normalized spacial score (nSPS) is 13.2. The molecule has 82 valence electrons. The van der Waals surface area contributed by atoms with Gasteiger partial charge in [0.2, 0.25) is 0 Å². The van der Waals surface area contributed by atoms with Crippen molar-refractivity contribution in [1.29, 1.82) is 0 Å². The zero-order valence-corrected chi connectivity index (χ0v) is 9.10. The van der Waals surface area contributed by atoms with Crippen LogP contribution in [0.5, 0.6) is 0 Å². The fourth-order valence-electron chi connectivity index (χ4n) is 1.21. The molecule has 15 heavy (non-hydrogen) atoms. The molecule has 1 atom stereocenters. The predicted octanol–water partition coefficient (Wildman–Crippen LogP) is 2.53. The summed E-state index contributed by atoms with van der Waals surface area (Å²) in [4.78, 5) is 0. The summed E-state index contributed by atoms with van der Waals surface area (Å²) in [6.07, 6.45) is 4.19. The van der Waals surface area contributed by atoms with Crippen molar-refractivity contribution < 1.29 is 9.84 Å². The first kappa shape index (κ1) is 12.0. The summed E-state index contributed by atoms with van der Waals surface area (Å²) in [5.41, 5.74) is 1.19. The first-order chi connectivity index (χ1) is 7.29. The van der Waals surface area contributed by atoms with Gasteiger partial charge in [-0.25, -0.2) is 0 Å². The standard InChI is InChI=1S/C13H18O2/c1-12(14)7-5-6-10-15-11-13-8-3-2-4-9-13/h2-5,7-9,12,14H,6,10-11H2,1H3. The lowest BCUT2D eigenvalue weighted by Crippen LogP contribution is -1.95. The van der Waals surface area contributed by atoms with Gasteiger partial charge in [0.25, 0.3) is 0 Å². The third-order valence-electron chi connectivity index (χ3n) is 1.96. The van der Waals surface area contributed by atoms with Gasteiger partial charge >= 0.3 is 0 Å². The van der Waals surface area contributed by atoms with Crippen LogP contribution in [-0.4, -0.2) is 17.8 Å². The number of rotatable bonds is 6. The lowest BCUT2D eigenvalue weighted by atomic mass is 10.2. The number of ether oxygens (including phenoxy) is 1. The van der Waals surface area contributed by atoms with E-state index in [1.54, 1.807) is 13.0 Å². The van der Waals surface area contributed by atoms with Crippen molar-refractivity contribution in [2.24, 2.45) is 0 Å². The zero-order chi connectivity index (χ0) is 10.9. The molecule has 1 rings (SSSR count). The summed E-state index contributed by atoms with van der Waals surface area (Å²) in [6.45, 7) is 3.09. The Kier molecular flexibility index (Phi) is 5.74. The van der Waals surface area contributed by atoms with E-state index < -0.39 is 0 Å². The molecular weight excluding hydrogens is 188 g/mol. The van der Waals surface area contributed by atoms with E-state index in [1.807, 2.05) is 36.4 Å². The molecule has 0 bridgehead atoms. The SMILES string of the molecule is CC(O)C=CCCOCc1ccccc1. The summed E-state index contributed by atoms with van der Waals surface area (Å²) in [7, 11) is 0. The Balaban J connectivity index is 2.07. The second-order valence-corrected chi connectivity index (χ2v) is 3.50. The van der Waals surface area contributed by atoms with E-state index in [0.29, 0.717) is 13.2 Å². The van der Waals surface area contributed by atoms with Crippen molar-refractivity contribution in [3.63, 3.8) is 0 Å². The second kappa shape index (κ2) is 7.21. The second-order valence-electron chi connectivity index (χ2n) is 3.50. The minimum absolute atomic E-state index is 0.362. The van der Waals surface area contributed by atoms with Crippen LogP contribution in [0.4, 0.5) is 0 Å². The van der Waals surface area contributed by atoms with E-state index in [4.69, 9.17) is 9.84 Å². The molecule has 1 N–H and O–H groups in total. The molecule has 0 amide bonds. The van der Waals surface area contributed by atoms with Gasteiger partial charge in [-0.15, -0.1) is 0 Å². The van der Waals surface area contributed by atoms with Crippen molar-refractivity contribution in [2.75, 3.05) is 6.61 Å². The molecule has 0 heterocycles. The van der Waals surface area contributed by atoms with Crippen molar-refractivity contribution in [3.05, 3.63) is 48.0 Å². The molecule has 0 saturated carbocycles. The molecule has 0 aliphatic heterocycles. The average Bonchev–Trinajstić information content (AvgIpc) is 2.24. The summed E-state index contributed by atoms with van der Waals surface area (Å²) >= 11 is 0. The third-order valence-corrected chi connectivity index (χ3v) is 1.96. The maximum absolute atomic E-state index is 8.96. The average molecular weight is 206 g/mol. The highest BCUT2D eigenvalue weighted by Gasteiger charge is 1.90. The fraction of sp³-hybridized carbons (Fsp3) is 0.385. The Bertz CT molecular complexity index is 278. The first-order valence-corrected chi connectivity index (χ1v) is 5.25. The molecule has 0 spiro atoms. The van der Waals surface area contributed by atoms with Gasteiger partial charge in [0.05, 0.1) is 19.3 Å². The number of hydrogen-bond acceptors (Lipinski definition) is 2.